The van der Waals surface area contributed by atoms with E-state index < -0.39 is 12.1 Å². The first-order valence-corrected chi connectivity index (χ1v) is 10.7. The zero-order valence-electron chi connectivity index (χ0n) is 18.5. The first kappa shape index (κ1) is 24.4. The molecule has 1 saturated carbocycles. The zero-order chi connectivity index (χ0) is 25.2. The summed E-state index contributed by atoms with van der Waals surface area (Å²) in [6.45, 7) is 1.93. The maximum atomic E-state index is 12.4. The van der Waals surface area contributed by atoms with Crippen LogP contribution in [0.1, 0.15) is 47.0 Å². The van der Waals surface area contributed by atoms with Crippen LogP contribution in [0.15, 0.2) is 45.3 Å². The number of aromatic nitrogens is 3. The van der Waals surface area contributed by atoms with Crippen LogP contribution in [0.2, 0.25) is 0 Å². The number of aliphatic carboxylic acids is 1. The summed E-state index contributed by atoms with van der Waals surface area (Å²) in [5, 5.41) is 22.5. The van der Waals surface area contributed by atoms with Crippen molar-refractivity contribution in [2.45, 2.75) is 36.9 Å². The van der Waals surface area contributed by atoms with Gasteiger partial charge in [-0.05, 0) is 19.9 Å². The molecular weight excluding hydrogens is 471 g/mol. The average Bonchev–Trinajstić information content (AvgIpc) is 3.44. The number of amides is 1. The summed E-state index contributed by atoms with van der Waals surface area (Å²) in [5.74, 6) is -0.811. The lowest BCUT2D eigenvalue weighted by molar-refractivity contribution is -0.192. The molecule has 2 N–H and O–H groups in total. The molecule has 0 spiro atoms. The Hall–Kier alpha value is -3.74. The molecule has 1 aliphatic heterocycles. The molecule has 3 aromatic rings. The Labute approximate surface area is 197 Å². The van der Waals surface area contributed by atoms with Gasteiger partial charge in [-0.3, -0.25) is 4.79 Å². The molecule has 1 aromatic carbocycles. The van der Waals surface area contributed by atoms with E-state index in [0.29, 0.717) is 17.5 Å². The average molecular weight is 493 g/mol. The van der Waals surface area contributed by atoms with Crippen LogP contribution in [0.25, 0.3) is 11.3 Å². The summed E-state index contributed by atoms with van der Waals surface area (Å²) in [6, 6.07) is 11.4. The number of likely N-dealkylation sites (tertiary alicyclic amines) is 1. The smallest absolute Gasteiger partial charge is 0.475 e. The van der Waals surface area contributed by atoms with Crippen LogP contribution in [0.5, 0.6) is 0 Å². The fourth-order valence-corrected chi connectivity index (χ4v) is 3.75. The normalized spacial score (nSPS) is 20.2. The van der Waals surface area contributed by atoms with Crippen LogP contribution < -0.4 is 5.32 Å². The minimum Gasteiger partial charge on any atom is -0.475 e. The third-order valence-corrected chi connectivity index (χ3v) is 5.74. The topological polar surface area (TPSA) is 135 Å². The van der Waals surface area contributed by atoms with E-state index in [1.807, 2.05) is 30.3 Å². The highest BCUT2D eigenvalue weighted by Gasteiger charge is 2.38. The molecule has 186 valence electrons. The first-order chi connectivity index (χ1) is 16.6. The molecule has 3 heterocycles. The van der Waals surface area contributed by atoms with E-state index in [0.717, 1.165) is 37.4 Å². The van der Waals surface area contributed by atoms with Crippen LogP contribution in [0.3, 0.4) is 0 Å². The molecule has 13 heteroatoms. The van der Waals surface area contributed by atoms with Crippen molar-refractivity contribution in [3.8, 4) is 11.3 Å². The number of halogens is 3. The van der Waals surface area contributed by atoms with E-state index in [9.17, 15) is 18.0 Å². The van der Waals surface area contributed by atoms with Gasteiger partial charge in [0, 0.05) is 36.7 Å². The third-order valence-electron chi connectivity index (χ3n) is 5.74. The van der Waals surface area contributed by atoms with Gasteiger partial charge in [0.2, 0.25) is 17.5 Å². The number of nitrogens with one attached hydrogen (secondary N) is 1. The number of rotatable bonds is 5. The standard InChI is InChI=1S/C20H21N5O3.C2HF3O2/c1-25-10-14(11-25)20-23-22-19(27-20)13-7-15(8-13)21-18(26)17-9-16(24-28-17)12-5-3-2-4-6-12;3-2(4,5)1(6)7/h2-6,9,13-15H,7-8,10-11H2,1H3,(H,21,26);(H,6,7). The number of carbonyl (C=O) groups excluding carboxylic acids is 1. The summed E-state index contributed by atoms with van der Waals surface area (Å²) >= 11 is 0. The van der Waals surface area contributed by atoms with Crippen LogP contribution >= 0.6 is 0 Å². The molecule has 0 radical (unpaired) electrons. The van der Waals surface area contributed by atoms with E-state index >= 15 is 0 Å². The van der Waals surface area contributed by atoms with Gasteiger partial charge >= 0.3 is 12.1 Å². The van der Waals surface area contributed by atoms with Crippen LogP contribution in [0.4, 0.5) is 13.2 Å². The van der Waals surface area contributed by atoms with Gasteiger partial charge in [-0.1, -0.05) is 35.5 Å². The Bertz CT molecular complexity index is 1170. The quantitative estimate of drug-likeness (QED) is 0.550. The third kappa shape index (κ3) is 5.85. The monoisotopic (exact) mass is 493 g/mol. The maximum Gasteiger partial charge on any atom is 0.490 e. The van der Waals surface area contributed by atoms with Crippen molar-refractivity contribution < 1.29 is 36.8 Å². The van der Waals surface area contributed by atoms with Gasteiger partial charge in [-0.25, -0.2) is 4.79 Å². The van der Waals surface area contributed by atoms with E-state index in [1.165, 1.54) is 0 Å². The molecule has 2 fully saturated rings. The van der Waals surface area contributed by atoms with Crippen LogP contribution in [-0.2, 0) is 4.79 Å². The van der Waals surface area contributed by atoms with Gasteiger partial charge in [0.15, 0.2) is 0 Å². The minimum atomic E-state index is -5.08. The Morgan fingerprint density at radius 1 is 1.09 bits per heavy atom. The second kappa shape index (κ2) is 9.86. The van der Waals surface area contributed by atoms with Crippen LogP contribution in [0, 0.1) is 0 Å². The van der Waals surface area contributed by atoms with Crippen molar-refractivity contribution in [1.82, 2.24) is 25.6 Å². The second-order valence-electron chi connectivity index (χ2n) is 8.48. The number of likely N-dealkylation sites (N-methyl/N-ethyl adjacent to an activating group) is 1. The Kier molecular flexibility index (Phi) is 6.87. The van der Waals surface area contributed by atoms with Gasteiger partial charge in [-0.15, -0.1) is 10.2 Å². The second-order valence-corrected chi connectivity index (χ2v) is 8.48. The van der Waals surface area contributed by atoms with Crippen LogP contribution in [-0.4, -0.2) is 69.6 Å². The van der Waals surface area contributed by atoms with E-state index in [2.05, 4.69) is 32.6 Å². The van der Waals surface area contributed by atoms with Crippen molar-refractivity contribution >= 4 is 11.9 Å². The molecular formula is C22H22F3N5O5. The molecule has 35 heavy (non-hydrogen) atoms. The number of hydrogen-bond donors (Lipinski definition) is 2. The van der Waals surface area contributed by atoms with Crippen molar-refractivity contribution in [2.75, 3.05) is 20.1 Å². The number of hydrogen-bond acceptors (Lipinski definition) is 8. The van der Waals surface area contributed by atoms with Crippen molar-refractivity contribution in [3.63, 3.8) is 0 Å². The number of benzene rings is 1. The largest absolute Gasteiger partial charge is 0.490 e. The van der Waals surface area contributed by atoms with Gasteiger partial charge in [0.1, 0.15) is 5.69 Å². The molecule has 1 aliphatic carbocycles. The fourth-order valence-electron chi connectivity index (χ4n) is 3.75. The molecule has 0 unspecified atom stereocenters. The molecule has 2 aromatic heterocycles. The highest BCUT2D eigenvalue weighted by atomic mass is 19.4. The van der Waals surface area contributed by atoms with E-state index in [1.54, 1.807) is 6.07 Å². The molecule has 1 amide bonds. The SMILES string of the molecule is CN1CC(c2nnc(C3CC(NC(=O)c4cc(-c5ccccc5)no4)C3)o2)C1.O=C(O)C(F)(F)F. The highest BCUT2D eigenvalue weighted by molar-refractivity contribution is 5.92. The summed E-state index contributed by atoms with van der Waals surface area (Å²) in [7, 11) is 2.07. The predicted octanol–water partition coefficient (Wildman–Crippen LogP) is 3.06. The van der Waals surface area contributed by atoms with Gasteiger partial charge in [0.25, 0.3) is 5.91 Å². The Morgan fingerprint density at radius 2 is 1.69 bits per heavy atom. The Morgan fingerprint density at radius 3 is 2.26 bits per heavy atom. The molecule has 0 bridgehead atoms. The summed E-state index contributed by atoms with van der Waals surface area (Å²) in [4.78, 5) is 23.5. The number of carboxylic acid groups (broad SMARTS) is 1. The molecule has 0 atom stereocenters. The van der Waals surface area contributed by atoms with Crippen molar-refractivity contribution in [2.24, 2.45) is 0 Å². The summed E-state index contributed by atoms with van der Waals surface area (Å²) in [5.41, 5.74) is 1.57. The van der Waals surface area contributed by atoms with E-state index in [4.69, 9.17) is 18.8 Å². The lowest BCUT2D eigenvalue weighted by atomic mass is 9.80. The lowest BCUT2D eigenvalue weighted by Gasteiger charge is -2.34. The molecule has 2 aliphatic rings. The lowest BCUT2D eigenvalue weighted by Crippen LogP contribution is -2.43. The first-order valence-electron chi connectivity index (χ1n) is 10.7. The van der Waals surface area contributed by atoms with Gasteiger partial charge in [-0.2, -0.15) is 13.2 Å². The van der Waals surface area contributed by atoms with Crippen molar-refractivity contribution in [3.05, 3.63) is 53.9 Å². The number of nitrogens with zero attached hydrogens (tertiary/aromatic N) is 4. The van der Waals surface area contributed by atoms with Crippen molar-refractivity contribution in [1.29, 1.82) is 0 Å². The minimum absolute atomic E-state index is 0.0768. The zero-order valence-corrected chi connectivity index (χ0v) is 18.5. The predicted molar refractivity (Wildman–Crippen MR) is 113 cm³/mol. The molecule has 5 rings (SSSR count). The summed E-state index contributed by atoms with van der Waals surface area (Å²) < 4.78 is 42.8. The molecule has 1 saturated heterocycles. The Balaban J connectivity index is 0.000000364. The van der Waals surface area contributed by atoms with E-state index in [-0.39, 0.29) is 23.6 Å². The maximum absolute atomic E-state index is 12.4. The molecule has 10 nitrogen and oxygen atoms in total. The van der Waals surface area contributed by atoms with Gasteiger partial charge in [0.05, 0.1) is 5.92 Å². The summed E-state index contributed by atoms with van der Waals surface area (Å²) in [6.07, 6.45) is -3.50. The number of alkyl halides is 3. The van der Waals surface area contributed by atoms with Gasteiger partial charge < -0.3 is 24.3 Å². The number of carboxylic acids is 1. The highest BCUT2D eigenvalue weighted by Crippen LogP contribution is 2.37. The fraction of sp³-hybridized carbons (Fsp3) is 0.409. The number of carbonyl (C=O) groups is 2.